The van der Waals surface area contributed by atoms with Crippen molar-refractivity contribution in [3.05, 3.63) is 47.5 Å². The predicted octanol–water partition coefficient (Wildman–Crippen LogP) is 1.86. The van der Waals surface area contributed by atoms with Gasteiger partial charge in [0.25, 0.3) is 5.91 Å². The molecule has 0 fully saturated rings. The second-order valence-corrected chi connectivity index (χ2v) is 6.96. The highest BCUT2D eigenvalue weighted by Crippen LogP contribution is 2.38. The van der Waals surface area contributed by atoms with Crippen molar-refractivity contribution in [3.8, 4) is 17.2 Å². The number of methoxy groups -OCH3 is 3. The molecular formula is C22H27N3O5. The summed E-state index contributed by atoms with van der Waals surface area (Å²) in [7, 11) is 4.54. The van der Waals surface area contributed by atoms with Gasteiger partial charge >= 0.3 is 0 Å². The number of nitrogens with one attached hydrogen (secondary N) is 2. The molecule has 0 unspecified atom stereocenters. The van der Waals surface area contributed by atoms with E-state index in [1.54, 1.807) is 12.1 Å². The number of carbonyl (C=O) groups is 2. The maximum atomic E-state index is 12.3. The number of hydrogen-bond acceptors (Lipinski definition) is 6. The van der Waals surface area contributed by atoms with Crippen molar-refractivity contribution in [1.29, 1.82) is 0 Å². The van der Waals surface area contributed by atoms with Crippen LogP contribution in [0, 0.1) is 0 Å². The summed E-state index contributed by atoms with van der Waals surface area (Å²) in [6.07, 6.45) is 2.06. The summed E-state index contributed by atoms with van der Waals surface area (Å²) < 4.78 is 15.9. The molecule has 2 aromatic rings. The first-order valence-electron chi connectivity index (χ1n) is 9.75. The van der Waals surface area contributed by atoms with E-state index in [-0.39, 0.29) is 24.8 Å². The highest BCUT2D eigenvalue weighted by Gasteiger charge is 2.19. The molecule has 2 N–H and O–H groups in total. The Hall–Kier alpha value is -3.42. The highest BCUT2D eigenvalue weighted by molar-refractivity contribution is 5.86. The zero-order valence-electron chi connectivity index (χ0n) is 17.5. The Morgan fingerprint density at radius 2 is 1.63 bits per heavy atom. The van der Waals surface area contributed by atoms with E-state index in [0.29, 0.717) is 22.8 Å². The van der Waals surface area contributed by atoms with E-state index < -0.39 is 0 Å². The number of fused-ring (bicyclic) bond motifs is 1. The van der Waals surface area contributed by atoms with Crippen LogP contribution in [0.1, 0.15) is 17.5 Å². The quantitative estimate of drug-likeness (QED) is 0.674. The fourth-order valence-corrected chi connectivity index (χ4v) is 3.60. The normalized spacial score (nSPS) is 12.6. The van der Waals surface area contributed by atoms with E-state index in [2.05, 4.69) is 16.9 Å². The van der Waals surface area contributed by atoms with Crippen LogP contribution in [0.25, 0.3) is 0 Å². The van der Waals surface area contributed by atoms with Crippen LogP contribution in [-0.2, 0) is 22.4 Å². The van der Waals surface area contributed by atoms with E-state index in [0.717, 1.165) is 25.1 Å². The van der Waals surface area contributed by atoms with Crippen molar-refractivity contribution in [2.24, 2.45) is 0 Å². The summed E-state index contributed by atoms with van der Waals surface area (Å²) in [5.74, 6) is 0.765. The number of rotatable bonds is 7. The van der Waals surface area contributed by atoms with E-state index in [4.69, 9.17) is 14.2 Å². The number of nitrogens with zero attached hydrogens (tertiary/aromatic N) is 1. The number of aryl methyl sites for hydroxylation is 1. The smallest absolute Gasteiger partial charge is 0.257 e. The van der Waals surface area contributed by atoms with Crippen LogP contribution in [0.15, 0.2) is 36.4 Å². The lowest BCUT2D eigenvalue weighted by atomic mass is 10.0. The van der Waals surface area contributed by atoms with Gasteiger partial charge in [0.1, 0.15) is 0 Å². The van der Waals surface area contributed by atoms with Gasteiger partial charge in [-0.1, -0.05) is 18.2 Å². The summed E-state index contributed by atoms with van der Waals surface area (Å²) in [5, 5.41) is 0. The lowest BCUT2D eigenvalue weighted by Crippen LogP contribution is -2.47. The second kappa shape index (κ2) is 9.87. The van der Waals surface area contributed by atoms with Crippen molar-refractivity contribution in [2.75, 3.05) is 39.3 Å². The number of anilines is 1. The van der Waals surface area contributed by atoms with Crippen molar-refractivity contribution in [1.82, 2.24) is 10.9 Å². The zero-order valence-corrected chi connectivity index (χ0v) is 17.5. The van der Waals surface area contributed by atoms with Gasteiger partial charge in [-0.15, -0.1) is 0 Å². The summed E-state index contributed by atoms with van der Waals surface area (Å²) in [6, 6.07) is 11.5. The molecule has 0 saturated heterocycles. The first kappa shape index (κ1) is 21.3. The molecule has 0 saturated carbocycles. The van der Waals surface area contributed by atoms with Crippen LogP contribution in [0.4, 0.5) is 5.69 Å². The molecule has 0 atom stereocenters. The molecule has 1 heterocycles. The number of benzene rings is 2. The third-order valence-electron chi connectivity index (χ3n) is 4.97. The number of para-hydroxylation sites is 1. The van der Waals surface area contributed by atoms with Crippen molar-refractivity contribution >= 4 is 17.5 Å². The van der Waals surface area contributed by atoms with Crippen LogP contribution in [0.3, 0.4) is 0 Å². The molecule has 0 radical (unpaired) electrons. The van der Waals surface area contributed by atoms with Crippen LogP contribution in [0.2, 0.25) is 0 Å². The Morgan fingerprint density at radius 1 is 0.967 bits per heavy atom. The third kappa shape index (κ3) is 4.94. The molecule has 8 nitrogen and oxygen atoms in total. The molecule has 0 spiro atoms. The van der Waals surface area contributed by atoms with Gasteiger partial charge < -0.3 is 19.1 Å². The minimum absolute atomic E-state index is 0.0452. The summed E-state index contributed by atoms with van der Waals surface area (Å²) in [5.41, 5.74) is 7.94. The Balaban J connectivity index is 1.56. The van der Waals surface area contributed by atoms with Crippen molar-refractivity contribution in [2.45, 2.75) is 19.3 Å². The molecule has 0 bridgehead atoms. The first-order valence-corrected chi connectivity index (χ1v) is 9.75. The van der Waals surface area contributed by atoms with Crippen molar-refractivity contribution in [3.63, 3.8) is 0 Å². The third-order valence-corrected chi connectivity index (χ3v) is 4.97. The van der Waals surface area contributed by atoms with Gasteiger partial charge in [0.2, 0.25) is 11.7 Å². The Labute approximate surface area is 176 Å². The molecule has 30 heavy (non-hydrogen) atoms. The van der Waals surface area contributed by atoms with Gasteiger partial charge in [0.05, 0.1) is 34.3 Å². The number of ether oxygens (including phenoxy) is 3. The maximum Gasteiger partial charge on any atom is 0.257 e. The van der Waals surface area contributed by atoms with Gasteiger partial charge in [-0.3, -0.25) is 20.4 Å². The van der Waals surface area contributed by atoms with E-state index in [1.807, 2.05) is 23.1 Å². The number of hydrazine groups is 1. The Kier molecular flexibility index (Phi) is 7.00. The predicted molar refractivity (Wildman–Crippen MR) is 113 cm³/mol. The van der Waals surface area contributed by atoms with Gasteiger partial charge in [0.15, 0.2) is 11.5 Å². The van der Waals surface area contributed by atoms with Crippen LogP contribution in [-0.4, -0.2) is 46.2 Å². The minimum Gasteiger partial charge on any atom is -0.493 e. The van der Waals surface area contributed by atoms with Crippen molar-refractivity contribution < 1.29 is 23.8 Å². The monoisotopic (exact) mass is 413 g/mol. The number of amides is 2. The SMILES string of the molecule is COc1cc(CC(=O)NNC(=O)CN2CCCc3ccccc32)cc(OC)c1OC. The van der Waals surface area contributed by atoms with E-state index >= 15 is 0 Å². The largest absolute Gasteiger partial charge is 0.493 e. The topological polar surface area (TPSA) is 89.1 Å². The average molecular weight is 413 g/mol. The molecule has 1 aliphatic rings. The lowest BCUT2D eigenvalue weighted by molar-refractivity contribution is -0.127. The van der Waals surface area contributed by atoms with Gasteiger partial charge in [-0.05, 0) is 42.2 Å². The fourth-order valence-electron chi connectivity index (χ4n) is 3.60. The summed E-state index contributed by atoms with van der Waals surface area (Å²) in [6.45, 7) is 0.991. The molecule has 2 amide bonds. The summed E-state index contributed by atoms with van der Waals surface area (Å²) >= 11 is 0. The zero-order chi connectivity index (χ0) is 21.5. The molecule has 0 aromatic heterocycles. The Bertz CT molecular complexity index is 890. The van der Waals surface area contributed by atoms with E-state index in [9.17, 15) is 9.59 Å². The average Bonchev–Trinajstić information content (AvgIpc) is 2.77. The van der Waals surface area contributed by atoms with Gasteiger partial charge in [-0.25, -0.2) is 0 Å². The maximum absolute atomic E-state index is 12.3. The standard InChI is InChI=1S/C22H27N3O5/c1-28-18-11-15(12-19(29-2)22(18)30-3)13-20(26)23-24-21(27)14-25-10-6-8-16-7-4-5-9-17(16)25/h4-5,7,9,11-12H,6,8,10,13-14H2,1-3H3,(H,23,26)(H,24,27). The molecule has 1 aliphatic heterocycles. The highest BCUT2D eigenvalue weighted by atomic mass is 16.5. The number of carbonyl (C=O) groups excluding carboxylic acids is 2. The fraction of sp³-hybridized carbons (Fsp3) is 0.364. The molecule has 160 valence electrons. The van der Waals surface area contributed by atoms with Gasteiger partial charge in [-0.2, -0.15) is 0 Å². The summed E-state index contributed by atoms with van der Waals surface area (Å²) in [4.78, 5) is 26.7. The first-order chi connectivity index (χ1) is 14.5. The number of hydrogen-bond donors (Lipinski definition) is 2. The van der Waals surface area contributed by atoms with Crippen LogP contribution < -0.4 is 30.0 Å². The molecule has 0 aliphatic carbocycles. The molecule has 3 rings (SSSR count). The molecular weight excluding hydrogens is 386 g/mol. The second-order valence-electron chi connectivity index (χ2n) is 6.96. The van der Waals surface area contributed by atoms with Crippen LogP contribution in [0.5, 0.6) is 17.2 Å². The van der Waals surface area contributed by atoms with Gasteiger partial charge in [0, 0.05) is 12.2 Å². The molecule has 2 aromatic carbocycles. The minimum atomic E-state index is -0.350. The lowest BCUT2D eigenvalue weighted by Gasteiger charge is -2.30. The Morgan fingerprint density at radius 3 is 2.30 bits per heavy atom. The van der Waals surface area contributed by atoms with E-state index in [1.165, 1.54) is 26.9 Å². The molecule has 8 heteroatoms. The van der Waals surface area contributed by atoms with Crippen LogP contribution >= 0.6 is 0 Å².